The second-order valence-electron chi connectivity index (χ2n) is 3.59. The Morgan fingerprint density at radius 2 is 2.06 bits per heavy atom. The van der Waals surface area contributed by atoms with Crippen LogP contribution in [-0.2, 0) is 11.2 Å². The molecule has 4 nitrogen and oxygen atoms in total. The van der Waals surface area contributed by atoms with Crippen LogP contribution < -0.4 is 9.47 Å². The van der Waals surface area contributed by atoms with Crippen molar-refractivity contribution in [3.05, 3.63) is 22.2 Å². The Morgan fingerprint density at radius 3 is 2.53 bits per heavy atom. The van der Waals surface area contributed by atoms with Gasteiger partial charge in [0.2, 0.25) is 0 Å². The fourth-order valence-corrected chi connectivity index (χ4v) is 1.87. The number of halogens is 1. The molecule has 17 heavy (non-hydrogen) atoms. The first kappa shape index (κ1) is 13.6. The molecule has 0 aliphatic heterocycles. The molecule has 1 N–H and O–H groups in total. The van der Waals surface area contributed by atoms with Gasteiger partial charge >= 0.3 is 5.97 Å². The predicted octanol–water partition coefficient (Wildman–Crippen LogP) is 2.68. The highest BCUT2D eigenvalue weighted by molar-refractivity contribution is 6.31. The van der Waals surface area contributed by atoms with E-state index in [1.54, 1.807) is 6.07 Å². The molecule has 0 heterocycles. The molecule has 0 radical (unpaired) electrons. The van der Waals surface area contributed by atoms with Crippen molar-refractivity contribution in [3.8, 4) is 11.5 Å². The molecule has 0 atom stereocenters. The highest BCUT2D eigenvalue weighted by Gasteiger charge is 2.16. The summed E-state index contributed by atoms with van der Waals surface area (Å²) in [6, 6.07) is 1.67. The third-order valence-electron chi connectivity index (χ3n) is 2.58. The van der Waals surface area contributed by atoms with Gasteiger partial charge in [0.1, 0.15) is 0 Å². The highest BCUT2D eigenvalue weighted by atomic mass is 35.5. The number of ether oxygens (including phenoxy) is 2. The first-order chi connectivity index (χ1) is 8.01. The van der Waals surface area contributed by atoms with Crippen molar-refractivity contribution in [2.75, 3.05) is 14.2 Å². The molecule has 94 valence electrons. The van der Waals surface area contributed by atoms with Crippen molar-refractivity contribution < 1.29 is 19.4 Å². The lowest BCUT2D eigenvalue weighted by molar-refractivity contribution is -0.136. The molecule has 0 saturated carbocycles. The molecule has 5 heteroatoms. The minimum atomic E-state index is -0.856. The van der Waals surface area contributed by atoms with Gasteiger partial charge in [0.15, 0.2) is 11.5 Å². The Hall–Kier alpha value is -1.42. The van der Waals surface area contributed by atoms with Crippen molar-refractivity contribution >= 4 is 17.6 Å². The monoisotopic (exact) mass is 258 g/mol. The number of hydrogen-bond donors (Lipinski definition) is 1. The van der Waals surface area contributed by atoms with Crippen LogP contribution in [0, 0.1) is 6.92 Å². The smallest absolute Gasteiger partial charge is 0.303 e. The molecule has 0 aliphatic rings. The Bertz CT molecular complexity index is 429. The third-order valence-corrected chi connectivity index (χ3v) is 2.97. The van der Waals surface area contributed by atoms with E-state index in [1.165, 1.54) is 14.2 Å². The van der Waals surface area contributed by atoms with Crippen molar-refractivity contribution in [2.24, 2.45) is 0 Å². The zero-order valence-electron chi connectivity index (χ0n) is 10.0. The molecule has 0 amide bonds. The summed E-state index contributed by atoms with van der Waals surface area (Å²) in [7, 11) is 3.04. The Balaban J connectivity index is 3.22. The largest absolute Gasteiger partial charge is 0.493 e. The third kappa shape index (κ3) is 3.03. The van der Waals surface area contributed by atoms with Gasteiger partial charge in [0.25, 0.3) is 0 Å². The number of carboxylic acids is 1. The molecular weight excluding hydrogens is 244 g/mol. The van der Waals surface area contributed by atoms with E-state index in [0.717, 1.165) is 11.1 Å². The molecule has 0 spiro atoms. The van der Waals surface area contributed by atoms with Gasteiger partial charge < -0.3 is 14.6 Å². The maximum atomic E-state index is 10.6. The minimum Gasteiger partial charge on any atom is -0.493 e. The summed E-state index contributed by atoms with van der Waals surface area (Å²) in [5, 5.41) is 9.26. The van der Waals surface area contributed by atoms with Crippen molar-refractivity contribution in [1.82, 2.24) is 0 Å². The molecule has 0 bridgehead atoms. The number of benzene rings is 1. The van der Waals surface area contributed by atoms with Crippen LogP contribution in [0.25, 0.3) is 0 Å². The highest BCUT2D eigenvalue weighted by Crippen LogP contribution is 2.38. The second kappa shape index (κ2) is 5.77. The summed E-state index contributed by atoms with van der Waals surface area (Å²) in [5.41, 5.74) is 1.60. The predicted molar refractivity (Wildman–Crippen MR) is 65.2 cm³/mol. The topological polar surface area (TPSA) is 55.8 Å². The Kier molecular flexibility index (Phi) is 4.63. The van der Waals surface area contributed by atoms with E-state index in [0.29, 0.717) is 22.9 Å². The van der Waals surface area contributed by atoms with Gasteiger partial charge in [-0.2, -0.15) is 0 Å². The number of carbonyl (C=O) groups is 1. The van der Waals surface area contributed by atoms with E-state index < -0.39 is 5.97 Å². The van der Waals surface area contributed by atoms with E-state index in [1.807, 2.05) is 6.92 Å². The average Bonchev–Trinajstić information content (AvgIpc) is 2.29. The molecule has 0 saturated heterocycles. The quantitative estimate of drug-likeness (QED) is 0.882. The number of hydrogen-bond acceptors (Lipinski definition) is 3. The van der Waals surface area contributed by atoms with E-state index in [9.17, 15) is 4.79 Å². The lowest BCUT2D eigenvalue weighted by Gasteiger charge is -2.16. The number of carboxylic acid groups (broad SMARTS) is 1. The van der Waals surface area contributed by atoms with E-state index in [4.69, 9.17) is 26.2 Å². The summed E-state index contributed by atoms with van der Waals surface area (Å²) in [6.07, 6.45) is 0.391. The molecule has 1 rings (SSSR count). The maximum Gasteiger partial charge on any atom is 0.303 e. The van der Waals surface area contributed by atoms with E-state index >= 15 is 0 Å². The van der Waals surface area contributed by atoms with E-state index in [-0.39, 0.29) is 6.42 Å². The fourth-order valence-electron chi connectivity index (χ4n) is 1.66. The summed E-state index contributed by atoms with van der Waals surface area (Å²) >= 11 is 6.06. The molecule has 1 aromatic carbocycles. The number of methoxy groups -OCH3 is 2. The van der Waals surface area contributed by atoms with Gasteiger partial charge in [-0.05, 0) is 18.9 Å². The van der Waals surface area contributed by atoms with Crippen LogP contribution in [0.4, 0.5) is 0 Å². The van der Waals surface area contributed by atoms with Gasteiger partial charge in [-0.3, -0.25) is 4.79 Å². The Morgan fingerprint density at radius 1 is 1.41 bits per heavy atom. The van der Waals surface area contributed by atoms with Gasteiger partial charge in [-0.15, -0.1) is 0 Å². The van der Waals surface area contributed by atoms with Crippen molar-refractivity contribution in [3.63, 3.8) is 0 Å². The molecule has 0 unspecified atom stereocenters. The SMILES string of the molecule is COc1cc(Cl)c(C)c(CCC(=O)O)c1OC. The van der Waals surface area contributed by atoms with Crippen LogP contribution in [0.3, 0.4) is 0 Å². The molecule has 0 aromatic heterocycles. The summed E-state index contributed by atoms with van der Waals surface area (Å²) in [4.78, 5) is 10.6. The van der Waals surface area contributed by atoms with Crippen LogP contribution in [0.5, 0.6) is 11.5 Å². The van der Waals surface area contributed by atoms with Crippen LogP contribution in [-0.4, -0.2) is 25.3 Å². The van der Waals surface area contributed by atoms with Gasteiger partial charge in [0, 0.05) is 23.1 Å². The first-order valence-electron chi connectivity index (χ1n) is 5.13. The standard InChI is InChI=1S/C12H15ClO4/c1-7-8(4-5-11(14)15)12(17-3)10(16-2)6-9(7)13/h6H,4-5H2,1-3H3,(H,14,15). The van der Waals surface area contributed by atoms with Gasteiger partial charge in [-0.25, -0.2) is 0 Å². The zero-order chi connectivity index (χ0) is 13.0. The normalized spacial score (nSPS) is 10.1. The molecular formula is C12H15ClO4. The minimum absolute atomic E-state index is 0.0285. The Labute approximate surface area is 105 Å². The van der Waals surface area contributed by atoms with Gasteiger partial charge in [-0.1, -0.05) is 11.6 Å². The van der Waals surface area contributed by atoms with Crippen LogP contribution in [0.1, 0.15) is 17.5 Å². The van der Waals surface area contributed by atoms with Crippen molar-refractivity contribution in [1.29, 1.82) is 0 Å². The van der Waals surface area contributed by atoms with Crippen LogP contribution in [0.2, 0.25) is 5.02 Å². The first-order valence-corrected chi connectivity index (χ1v) is 5.50. The molecule has 0 fully saturated rings. The molecule has 0 aliphatic carbocycles. The average molecular weight is 259 g/mol. The maximum absolute atomic E-state index is 10.6. The van der Waals surface area contributed by atoms with Gasteiger partial charge in [0.05, 0.1) is 14.2 Å². The summed E-state index contributed by atoms with van der Waals surface area (Å²) < 4.78 is 10.4. The second-order valence-corrected chi connectivity index (χ2v) is 4.00. The lowest BCUT2D eigenvalue weighted by atomic mass is 10.0. The number of aliphatic carboxylic acids is 1. The van der Waals surface area contributed by atoms with Crippen LogP contribution in [0.15, 0.2) is 6.07 Å². The molecule has 1 aromatic rings. The van der Waals surface area contributed by atoms with E-state index in [2.05, 4.69) is 0 Å². The lowest BCUT2D eigenvalue weighted by Crippen LogP contribution is -2.03. The summed E-state index contributed by atoms with van der Waals surface area (Å²) in [6.45, 7) is 1.83. The van der Waals surface area contributed by atoms with Crippen molar-refractivity contribution in [2.45, 2.75) is 19.8 Å². The van der Waals surface area contributed by atoms with Crippen LogP contribution >= 0.6 is 11.6 Å². The summed E-state index contributed by atoms with van der Waals surface area (Å²) in [5.74, 6) is 0.213. The number of rotatable bonds is 5. The zero-order valence-corrected chi connectivity index (χ0v) is 10.8. The fraction of sp³-hybridized carbons (Fsp3) is 0.417.